The molecule has 0 saturated heterocycles. The van der Waals surface area contributed by atoms with E-state index in [0.717, 1.165) is 16.9 Å². The second kappa shape index (κ2) is 5.57. The van der Waals surface area contributed by atoms with Crippen molar-refractivity contribution in [3.8, 4) is 5.69 Å². The van der Waals surface area contributed by atoms with Gasteiger partial charge in [0.25, 0.3) is 0 Å². The molecule has 0 spiro atoms. The largest absolute Gasteiger partial charge is 0.381 e. The summed E-state index contributed by atoms with van der Waals surface area (Å²) < 4.78 is 15.0. The fourth-order valence-corrected chi connectivity index (χ4v) is 2.00. The van der Waals surface area contributed by atoms with Gasteiger partial charge in [0, 0.05) is 30.3 Å². The molecule has 2 aromatic carbocycles. The molecule has 3 aromatic rings. The van der Waals surface area contributed by atoms with E-state index in [9.17, 15) is 4.39 Å². The molecule has 1 heterocycles. The number of anilines is 1. The number of hydrogen-bond donors (Lipinski definition) is 1. The van der Waals surface area contributed by atoms with Crippen molar-refractivity contribution in [1.82, 2.24) is 9.55 Å². The number of nitrogens with zero attached hydrogens (tertiary/aromatic N) is 2. The summed E-state index contributed by atoms with van der Waals surface area (Å²) in [6, 6.07) is 14.6. The van der Waals surface area contributed by atoms with Gasteiger partial charge in [0.2, 0.25) is 0 Å². The highest BCUT2D eigenvalue weighted by molar-refractivity contribution is 5.44. The second-order valence-corrected chi connectivity index (χ2v) is 4.50. The monoisotopic (exact) mass is 267 g/mol. The lowest BCUT2D eigenvalue weighted by atomic mass is 10.2. The SMILES string of the molecule is Fc1cccc(NCc2ccc(-n3ccnc3)cc2)c1. The van der Waals surface area contributed by atoms with Crippen LogP contribution in [-0.4, -0.2) is 9.55 Å². The van der Waals surface area contributed by atoms with Crippen LogP contribution in [0.2, 0.25) is 0 Å². The Labute approximate surface area is 116 Å². The van der Waals surface area contributed by atoms with Gasteiger partial charge in [0.15, 0.2) is 0 Å². The number of benzene rings is 2. The Bertz CT molecular complexity index is 675. The Balaban J connectivity index is 1.67. The van der Waals surface area contributed by atoms with Crippen LogP contribution < -0.4 is 5.32 Å². The first-order valence-corrected chi connectivity index (χ1v) is 6.38. The Kier molecular flexibility index (Phi) is 3.46. The molecule has 0 radical (unpaired) electrons. The van der Waals surface area contributed by atoms with Crippen molar-refractivity contribution in [2.75, 3.05) is 5.32 Å². The predicted molar refractivity (Wildman–Crippen MR) is 77.3 cm³/mol. The normalized spacial score (nSPS) is 10.4. The molecule has 0 unspecified atom stereocenters. The molecule has 0 aliphatic rings. The molecular weight excluding hydrogens is 253 g/mol. The third-order valence-electron chi connectivity index (χ3n) is 3.06. The van der Waals surface area contributed by atoms with Crippen molar-refractivity contribution in [1.29, 1.82) is 0 Å². The van der Waals surface area contributed by atoms with E-state index in [0.29, 0.717) is 6.54 Å². The van der Waals surface area contributed by atoms with Crippen LogP contribution in [0.3, 0.4) is 0 Å². The van der Waals surface area contributed by atoms with Gasteiger partial charge in [0.05, 0.1) is 6.33 Å². The van der Waals surface area contributed by atoms with Gasteiger partial charge in [-0.1, -0.05) is 18.2 Å². The molecule has 1 N–H and O–H groups in total. The number of aromatic nitrogens is 2. The predicted octanol–water partition coefficient (Wildman–Crippen LogP) is 3.62. The lowest BCUT2D eigenvalue weighted by Gasteiger charge is -2.08. The van der Waals surface area contributed by atoms with E-state index in [4.69, 9.17) is 0 Å². The molecule has 0 fully saturated rings. The smallest absolute Gasteiger partial charge is 0.125 e. The highest BCUT2D eigenvalue weighted by Gasteiger charge is 1.98. The minimum atomic E-state index is -0.231. The molecule has 0 amide bonds. The second-order valence-electron chi connectivity index (χ2n) is 4.50. The summed E-state index contributed by atoms with van der Waals surface area (Å²) >= 11 is 0. The number of halogens is 1. The maximum atomic E-state index is 13.1. The van der Waals surface area contributed by atoms with Gasteiger partial charge < -0.3 is 9.88 Å². The summed E-state index contributed by atoms with van der Waals surface area (Å²) in [5.41, 5.74) is 2.99. The molecule has 0 saturated carbocycles. The fourth-order valence-electron chi connectivity index (χ4n) is 2.00. The molecule has 0 atom stereocenters. The van der Waals surface area contributed by atoms with Gasteiger partial charge in [-0.2, -0.15) is 0 Å². The summed E-state index contributed by atoms with van der Waals surface area (Å²) in [5.74, 6) is -0.231. The first-order valence-electron chi connectivity index (χ1n) is 6.38. The van der Waals surface area contributed by atoms with Gasteiger partial charge >= 0.3 is 0 Å². The number of imidazole rings is 1. The lowest BCUT2D eigenvalue weighted by molar-refractivity contribution is 0.628. The van der Waals surface area contributed by atoms with Gasteiger partial charge in [-0.15, -0.1) is 0 Å². The van der Waals surface area contributed by atoms with E-state index in [1.165, 1.54) is 12.1 Å². The molecule has 3 nitrogen and oxygen atoms in total. The highest BCUT2D eigenvalue weighted by Crippen LogP contribution is 2.13. The van der Waals surface area contributed by atoms with Crippen LogP contribution in [-0.2, 0) is 6.54 Å². The molecule has 0 aliphatic carbocycles. The topological polar surface area (TPSA) is 29.9 Å². The zero-order valence-corrected chi connectivity index (χ0v) is 10.8. The Morgan fingerprint density at radius 3 is 2.65 bits per heavy atom. The van der Waals surface area contributed by atoms with Gasteiger partial charge in [-0.3, -0.25) is 0 Å². The van der Waals surface area contributed by atoms with E-state index in [1.807, 2.05) is 41.1 Å². The maximum Gasteiger partial charge on any atom is 0.125 e. The van der Waals surface area contributed by atoms with Gasteiger partial charge in [0.1, 0.15) is 5.82 Å². The first-order chi connectivity index (χ1) is 9.81. The summed E-state index contributed by atoms with van der Waals surface area (Å²) in [7, 11) is 0. The summed E-state index contributed by atoms with van der Waals surface area (Å²) in [6.07, 6.45) is 5.42. The molecule has 100 valence electrons. The number of hydrogen-bond acceptors (Lipinski definition) is 2. The zero-order valence-electron chi connectivity index (χ0n) is 10.8. The van der Waals surface area contributed by atoms with Crippen LogP contribution in [0.4, 0.5) is 10.1 Å². The average Bonchev–Trinajstić information content (AvgIpc) is 3.00. The Hall–Kier alpha value is -2.62. The van der Waals surface area contributed by atoms with E-state index >= 15 is 0 Å². The van der Waals surface area contributed by atoms with Crippen molar-refractivity contribution in [2.45, 2.75) is 6.54 Å². The standard InChI is InChI=1S/C16H14FN3/c17-14-2-1-3-15(10-14)19-11-13-4-6-16(7-5-13)20-9-8-18-12-20/h1-10,12,19H,11H2. The molecule has 4 heteroatoms. The van der Waals surface area contributed by atoms with E-state index < -0.39 is 0 Å². The van der Waals surface area contributed by atoms with Gasteiger partial charge in [-0.25, -0.2) is 9.37 Å². The lowest BCUT2D eigenvalue weighted by Crippen LogP contribution is -2.00. The van der Waals surface area contributed by atoms with E-state index in [1.54, 1.807) is 18.6 Å². The van der Waals surface area contributed by atoms with Crippen LogP contribution >= 0.6 is 0 Å². The molecule has 0 bridgehead atoms. The van der Waals surface area contributed by atoms with Crippen LogP contribution in [0.25, 0.3) is 5.69 Å². The molecular formula is C16H14FN3. The van der Waals surface area contributed by atoms with Crippen molar-refractivity contribution in [3.05, 3.63) is 78.6 Å². The van der Waals surface area contributed by atoms with Crippen LogP contribution in [0, 0.1) is 5.82 Å². The quantitative estimate of drug-likeness (QED) is 0.782. The zero-order chi connectivity index (χ0) is 13.8. The van der Waals surface area contributed by atoms with E-state index in [2.05, 4.69) is 10.3 Å². The summed E-state index contributed by atoms with van der Waals surface area (Å²) in [6.45, 7) is 0.660. The van der Waals surface area contributed by atoms with Crippen molar-refractivity contribution < 1.29 is 4.39 Å². The third kappa shape index (κ3) is 2.85. The third-order valence-corrected chi connectivity index (χ3v) is 3.06. The molecule has 20 heavy (non-hydrogen) atoms. The highest BCUT2D eigenvalue weighted by atomic mass is 19.1. The number of rotatable bonds is 4. The first kappa shape index (κ1) is 12.4. The molecule has 0 aliphatic heterocycles. The van der Waals surface area contributed by atoms with Crippen LogP contribution in [0.15, 0.2) is 67.3 Å². The average molecular weight is 267 g/mol. The molecule has 3 rings (SSSR count). The van der Waals surface area contributed by atoms with Crippen molar-refractivity contribution in [3.63, 3.8) is 0 Å². The van der Waals surface area contributed by atoms with Gasteiger partial charge in [-0.05, 0) is 35.9 Å². The maximum absolute atomic E-state index is 13.1. The van der Waals surface area contributed by atoms with Crippen molar-refractivity contribution in [2.24, 2.45) is 0 Å². The summed E-state index contributed by atoms with van der Waals surface area (Å²) in [4.78, 5) is 4.02. The minimum Gasteiger partial charge on any atom is -0.381 e. The Morgan fingerprint density at radius 1 is 1.10 bits per heavy atom. The van der Waals surface area contributed by atoms with Crippen LogP contribution in [0.5, 0.6) is 0 Å². The summed E-state index contributed by atoms with van der Waals surface area (Å²) in [5, 5.41) is 3.20. The van der Waals surface area contributed by atoms with Crippen molar-refractivity contribution >= 4 is 5.69 Å². The van der Waals surface area contributed by atoms with Crippen LogP contribution in [0.1, 0.15) is 5.56 Å². The van der Waals surface area contributed by atoms with E-state index in [-0.39, 0.29) is 5.82 Å². The minimum absolute atomic E-state index is 0.231. The number of nitrogens with one attached hydrogen (secondary N) is 1. The Morgan fingerprint density at radius 2 is 1.95 bits per heavy atom. The fraction of sp³-hybridized carbons (Fsp3) is 0.0625. The molecule has 1 aromatic heterocycles.